The number of aromatic carboxylic acids is 1. The van der Waals surface area contributed by atoms with E-state index in [1.807, 2.05) is 25.2 Å². The lowest BCUT2D eigenvalue weighted by Gasteiger charge is -2.14. The van der Waals surface area contributed by atoms with Gasteiger partial charge in [0.25, 0.3) is 0 Å². The first-order chi connectivity index (χ1) is 14.9. The number of aromatic nitrogens is 1. The van der Waals surface area contributed by atoms with Gasteiger partial charge in [-0.25, -0.2) is 9.78 Å². The highest BCUT2D eigenvalue weighted by molar-refractivity contribution is 6.33. The second-order valence-electron chi connectivity index (χ2n) is 6.84. The third-order valence-corrected chi connectivity index (χ3v) is 5.14. The smallest absolute Gasteiger partial charge is 0.339 e. The van der Waals surface area contributed by atoms with Crippen LogP contribution in [0.2, 0.25) is 5.02 Å². The normalized spacial score (nSPS) is 10.1. The summed E-state index contributed by atoms with van der Waals surface area (Å²) in [5.74, 6) is -0.903. The first-order valence-electron chi connectivity index (χ1n) is 9.77. The molecule has 160 valence electrons. The zero-order chi connectivity index (χ0) is 23.0. The second kappa shape index (κ2) is 11.1. The molecule has 0 aliphatic rings. The van der Waals surface area contributed by atoms with Crippen molar-refractivity contribution >= 4 is 23.4 Å². The van der Waals surface area contributed by atoms with E-state index in [0.29, 0.717) is 12.0 Å². The van der Waals surface area contributed by atoms with Crippen molar-refractivity contribution in [2.75, 3.05) is 12.4 Å². The van der Waals surface area contributed by atoms with Crippen LogP contribution in [0, 0.1) is 12.8 Å². The van der Waals surface area contributed by atoms with Gasteiger partial charge in [0.1, 0.15) is 17.1 Å². The maximum atomic E-state index is 11.4. The molecule has 5 nitrogen and oxygen atoms in total. The molecule has 0 aliphatic heterocycles. The van der Waals surface area contributed by atoms with Gasteiger partial charge in [-0.15, -0.1) is 12.8 Å². The van der Waals surface area contributed by atoms with E-state index < -0.39 is 11.7 Å². The van der Waals surface area contributed by atoms with Crippen LogP contribution in [0.3, 0.4) is 0 Å². The van der Waals surface area contributed by atoms with Crippen LogP contribution in [0.4, 0.5) is 5.82 Å². The molecule has 1 aromatic heterocycles. The molecule has 0 atom stereocenters. The molecule has 3 N–H and O–H groups in total. The van der Waals surface area contributed by atoms with E-state index in [1.165, 1.54) is 17.2 Å². The zero-order valence-electron chi connectivity index (χ0n) is 17.5. The van der Waals surface area contributed by atoms with Crippen LogP contribution in [0.25, 0.3) is 11.1 Å². The maximum Gasteiger partial charge on any atom is 0.339 e. The number of hydrogen-bond donors (Lipinski definition) is 3. The monoisotopic (exact) mass is 436 g/mol. The topological polar surface area (TPSA) is 82.5 Å². The van der Waals surface area contributed by atoms with Crippen molar-refractivity contribution in [3.05, 3.63) is 75.9 Å². The minimum Gasteiger partial charge on any atom is -0.505 e. The summed E-state index contributed by atoms with van der Waals surface area (Å²) < 4.78 is 0. The van der Waals surface area contributed by atoms with Crippen molar-refractivity contribution < 1.29 is 15.0 Å². The van der Waals surface area contributed by atoms with E-state index in [2.05, 4.69) is 42.2 Å². The van der Waals surface area contributed by atoms with Gasteiger partial charge in [0.05, 0.1) is 5.02 Å². The molecule has 2 aromatic carbocycles. The summed E-state index contributed by atoms with van der Waals surface area (Å²) in [4.78, 5) is 15.9. The Kier molecular flexibility index (Phi) is 8.48. The van der Waals surface area contributed by atoms with Gasteiger partial charge in [0, 0.05) is 25.2 Å². The van der Waals surface area contributed by atoms with Gasteiger partial charge in [-0.05, 0) is 46.9 Å². The minimum atomic E-state index is -1.24. The highest BCUT2D eigenvalue weighted by atomic mass is 35.5. The van der Waals surface area contributed by atoms with Gasteiger partial charge in [-0.1, -0.05) is 49.2 Å². The lowest BCUT2D eigenvalue weighted by Crippen LogP contribution is -2.03. The summed E-state index contributed by atoms with van der Waals surface area (Å²) >= 11 is 6.05. The van der Waals surface area contributed by atoms with Crippen molar-refractivity contribution in [1.29, 1.82) is 0 Å². The average Bonchev–Trinajstić information content (AvgIpc) is 2.78. The number of pyridine rings is 1. The molecule has 31 heavy (non-hydrogen) atoms. The van der Waals surface area contributed by atoms with E-state index in [9.17, 15) is 15.0 Å². The Bertz CT molecular complexity index is 1090. The van der Waals surface area contributed by atoms with Crippen LogP contribution < -0.4 is 5.32 Å². The third-order valence-electron chi connectivity index (χ3n) is 4.85. The van der Waals surface area contributed by atoms with E-state index >= 15 is 0 Å². The number of halogens is 1. The molecule has 6 heteroatoms. The Morgan fingerprint density at radius 1 is 1.10 bits per heavy atom. The van der Waals surface area contributed by atoms with E-state index in [4.69, 9.17) is 11.6 Å². The number of hydrogen-bond acceptors (Lipinski definition) is 4. The van der Waals surface area contributed by atoms with Crippen LogP contribution in [0.15, 0.2) is 48.7 Å². The maximum absolute atomic E-state index is 11.4. The zero-order valence-corrected chi connectivity index (χ0v) is 18.3. The fraction of sp³-hybridized carbons (Fsp3) is 0.200. The van der Waals surface area contributed by atoms with Gasteiger partial charge in [-0.2, -0.15) is 0 Å². The van der Waals surface area contributed by atoms with Crippen molar-refractivity contribution in [1.82, 2.24) is 4.98 Å². The Hall–Kier alpha value is -3.49. The molecule has 0 saturated heterocycles. The van der Waals surface area contributed by atoms with Crippen LogP contribution in [0.1, 0.15) is 40.4 Å². The molecular weight excluding hydrogens is 412 g/mol. The average molecular weight is 437 g/mol. The number of benzene rings is 2. The quantitative estimate of drug-likeness (QED) is 0.417. The van der Waals surface area contributed by atoms with Gasteiger partial charge < -0.3 is 15.5 Å². The Morgan fingerprint density at radius 3 is 2.39 bits per heavy atom. The van der Waals surface area contributed by atoms with Crippen LogP contribution in [0.5, 0.6) is 5.75 Å². The summed E-state index contributed by atoms with van der Waals surface area (Å²) in [7, 11) is 1.82. The molecule has 0 radical (unpaired) electrons. The first-order valence-corrected chi connectivity index (χ1v) is 10.1. The SMILES string of the molecule is C#C.CCCc1ccccc1Cc1cc(-c2cc(Cl)c(O)c(C(=O)O)c2)cnc1NC. The molecule has 3 aromatic rings. The third kappa shape index (κ3) is 5.56. The summed E-state index contributed by atoms with van der Waals surface area (Å²) in [6.07, 6.45) is 12.4. The lowest BCUT2D eigenvalue weighted by atomic mass is 9.95. The van der Waals surface area contributed by atoms with Crippen molar-refractivity contribution in [2.24, 2.45) is 0 Å². The van der Waals surface area contributed by atoms with Crippen molar-refractivity contribution in [3.63, 3.8) is 0 Å². The van der Waals surface area contributed by atoms with Crippen LogP contribution in [-0.2, 0) is 12.8 Å². The van der Waals surface area contributed by atoms with E-state index in [0.717, 1.165) is 29.8 Å². The number of rotatable bonds is 7. The number of nitrogens with one attached hydrogen (secondary N) is 1. The summed E-state index contributed by atoms with van der Waals surface area (Å²) in [5, 5.41) is 22.4. The minimum absolute atomic E-state index is 0.00701. The number of carboxylic acid groups (broad SMARTS) is 1. The second-order valence-corrected chi connectivity index (χ2v) is 7.24. The number of aromatic hydroxyl groups is 1. The predicted octanol–water partition coefficient (Wildman–Crippen LogP) is 5.64. The van der Waals surface area contributed by atoms with Crippen LogP contribution in [-0.4, -0.2) is 28.2 Å². The summed E-state index contributed by atoms with van der Waals surface area (Å²) in [6, 6.07) is 13.3. The number of nitrogens with zero attached hydrogens (tertiary/aromatic N) is 1. The molecule has 0 aliphatic carbocycles. The molecule has 0 amide bonds. The number of aryl methyl sites for hydroxylation is 1. The van der Waals surface area contributed by atoms with Crippen molar-refractivity contribution in [3.8, 4) is 29.7 Å². The molecule has 0 unspecified atom stereocenters. The number of phenols is 1. The van der Waals surface area contributed by atoms with Crippen molar-refractivity contribution in [2.45, 2.75) is 26.2 Å². The predicted molar refractivity (Wildman–Crippen MR) is 126 cm³/mol. The Labute approximate surface area is 187 Å². The van der Waals surface area contributed by atoms with Gasteiger partial charge >= 0.3 is 5.97 Å². The fourth-order valence-corrected chi connectivity index (χ4v) is 3.62. The largest absolute Gasteiger partial charge is 0.505 e. The lowest BCUT2D eigenvalue weighted by molar-refractivity contribution is 0.0694. The number of anilines is 1. The van der Waals surface area contributed by atoms with Gasteiger partial charge in [-0.3, -0.25) is 0 Å². The Balaban J connectivity index is 0.00000166. The van der Waals surface area contributed by atoms with Gasteiger partial charge in [0.15, 0.2) is 0 Å². The van der Waals surface area contributed by atoms with E-state index in [1.54, 1.807) is 12.3 Å². The van der Waals surface area contributed by atoms with E-state index in [-0.39, 0.29) is 10.6 Å². The molecule has 0 spiro atoms. The fourth-order valence-electron chi connectivity index (χ4n) is 3.41. The number of carboxylic acids is 1. The summed E-state index contributed by atoms with van der Waals surface area (Å²) in [5.41, 5.74) is 4.62. The highest BCUT2D eigenvalue weighted by Crippen LogP contribution is 2.34. The number of terminal acetylenes is 1. The van der Waals surface area contributed by atoms with Gasteiger partial charge in [0.2, 0.25) is 0 Å². The first kappa shape index (κ1) is 23.8. The molecule has 3 rings (SSSR count). The molecule has 0 fully saturated rings. The standard InChI is InChI=1S/C23H23ClN2O3.C2H2/c1-3-6-14-7-4-5-8-15(14)9-17-10-18(13-26-22(17)25-2)16-11-19(23(28)29)21(27)20(24)12-16;1-2/h4-5,7-8,10-13,27H,3,6,9H2,1-2H3,(H,25,26)(H,28,29);1-2H. The summed E-state index contributed by atoms with van der Waals surface area (Å²) in [6.45, 7) is 2.16. The molecular formula is C25H25ClN2O3. The number of carbonyl (C=O) groups is 1. The highest BCUT2D eigenvalue weighted by Gasteiger charge is 2.16. The molecule has 0 saturated carbocycles. The molecule has 0 bridgehead atoms. The van der Waals surface area contributed by atoms with Crippen LogP contribution >= 0.6 is 11.6 Å². The Morgan fingerprint density at radius 2 is 1.77 bits per heavy atom. The molecule has 1 heterocycles.